The third kappa shape index (κ3) is 3.52. The topological polar surface area (TPSA) is 53.4 Å². The van der Waals surface area contributed by atoms with Crippen LogP contribution in [0, 0.1) is 5.92 Å². The second-order valence-electron chi connectivity index (χ2n) is 5.88. The zero-order chi connectivity index (χ0) is 15.4. The molecule has 1 aromatic carbocycles. The van der Waals surface area contributed by atoms with Gasteiger partial charge in [-0.25, -0.2) is 4.79 Å². The average Bonchev–Trinajstić information content (AvgIpc) is 2.96. The Kier molecular flexibility index (Phi) is 4.49. The molecule has 1 aromatic heterocycles. The maximum Gasteiger partial charge on any atom is 0.337 e. The van der Waals surface area contributed by atoms with E-state index in [-0.39, 0.29) is 0 Å². The van der Waals surface area contributed by atoms with Crippen LogP contribution in [0.15, 0.2) is 48.7 Å². The summed E-state index contributed by atoms with van der Waals surface area (Å²) >= 11 is 0. The number of benzene rings is 1. The summed E-state index contributed by atoms with van der Waals surface area (Å²) in [5.74, 6) is -0.404. The van der Waals surface area contributed by atoms with Crippen molar-refractivity contribution in [1.82, 2.24) is 9.88 Å². The van der Waals surface area contributed by atoms with Crippen molar-refractivity contribution in [3.8, 4) is 0 Å². The number of nitrogens with zero attached hydrogens (tertiary/aromatic N) is 2. The molecule has 0 bridgehead atoms. The molecule has 1 atom stereocenters. The molecule has 2 heterocycles. The number of hydrogen-bond acceptors (Lipinski definition) is 3. The molecular formula is C18H20N2O2. The van der Waals surface area contributed by atoms with E-state index < -0.39 is 5.97 Å². The molecule has 1 aliphatic heterocycles. The van der Waals surface area contributed by atoms with Gasteiger partial charge in [-0.3, -0.25) is 9.88 Å². The van der Waals surface area contributed by atoms with E-state index >= 15 is 0 Å². The first-order chi connectivity index (χ1) is 10.7. The highest BCUT2D eigenvalue weighted by atomic mass is 16.4. The van der Waals surface area contributed by atoms with Gasteiger partial charge in [0.05, 0.1) is 11.3 Å². The van der Waals surface area contributed by atoms with Gasteiger partial charge in [0.2, 0.25) is 0 Å². The lowest BCUT2D eigenvalue weighted by Crippen LogP contribution is -2.21. The summed E-state index contributed by atoms with van der Waals surface area (Å²) in [5, 5.41) is 9.24. The number of carbonyl (C=O) groups is 1. The molecule has 3 rings (SSSR count). The molecule has 4 heteroatoms. The molecule has 1 fully saturated rings. The maximum absolute atomic E-state index is 11.3. The molecule has 4 nitrogen and oxygen atoms in total. The van der Waals surface area contributed by atoms with Crippen LogP contribution in [0.25, 0.3) is 0 Å². The number of rotatable bonds is 5. The molecule has 0 radical (unpaired) electrons. The Morgan fingerprint density at radius 1 is 1.23 bits per heavy atom. The summed E-state index contributed by atoms with van der Waals surface area (Å²) in [6.45, 7) is 3.03. The van der Waals surface area contributed by atoms with Gasteiger partial charge in [0.1, 0.15) is 0 Å². The highest BCUT2D eigenvalue weighted by Gasteiger charge is 2.24. The van der Waals surface area contributed by atoms with E-state index in [1.54, 1.807) is 18.3 Å². The van der Waals surface area contributed by atoms with Gasteiger partial charge < -0.3 is 5.11 Å². The molecule has 0 spiro atoms. The molecule has 1 unspecified atom stereocenters. The molecule has 1 saturated heterocycles. The fourth-order valence-corrected chi connectivity index (χ4v) is 3.13. The zero-order valence-corrected chi connectivity index (χ0v) is 12.5. The van der Waals surface area contributed by atoms with Gasteiger partial charge in [0.15, 0.2) is 0 Å². The average molecular weight is 296 g/mol. The van der Waals surface area contributed by atoms with Crippen LogP contribution in [0.5, 0.6) is 0 Å². The predicted molar refractivity (Wildman–Crippen MR) is 84.7 cm³/mol. The summed E-state index contributed by atoms with van der Waals surface area (Å²) < 4.78 is 0. The number of carboxylic acid groups (broad SMARTS) is 1. The van der Waals surface area contributed by atoms with E-state index in [4.69, 9.17) is 0 Å². The highest BCUT2D eigenvalue weighted by Crippen LogP contribution is 2.23. The number of pyridine rings is 1. The molecule has 0 aliphatic carbocycles. The van der Waals surface area contributed by atoms with Crippen LogP contribution in [-0.4, -0.2) is 34.0 Å². The van der Waals surface area contributed by atoms with Gasteiger partial charge in [-0.15, -0.1) is 0 Å². The molecule has 114 valence electrons. The lowest BCUT2D eigenvalue weighted by molar-refractivity contribution is 0.0695. The highest BCUT2D eigenvalue weighted by molar-refractivity contribution is 5.88. The summed E-state index contributed by atoms with van der Waals surface area (Å²) in [5.41, 5.74) is 2.37. The van der Waals surface area contributed by atoms with Gasteiger partial charge in [-0.1, -0.05) is 30.3 Å². The maximum atomic E-state index is 11.3. The van der Waals surface area contributed by atoms with E-state index in [1.165, 1.54) is 5.56 Å². The smallest absolute Gasteiger partial charge is 0.337 e. The Morgan fingerprint density at radius 3 is 2.82 bits per heavy atom. The first-order valence-electron chi connectivity index (χ1n) is 7.66. The van der Waals surface area contributed by atoms with Crippen LogP contribution in [-0.2, 0) is 13.0 Å². The van der Waals surface area contributed by atoms with Gasteiger partial charge in [-0.05, 0) is 43.0 Å². The minimum absolute atomic E-state index is 0.337. The van der Waals surface area contributed by atoms with Crippen molar-refractivity contribution in [3.05, 3.63) is 65.5 Å². The molecule has 0 saturated carbocycles. The van der Waals surface area contributed by atoms with Gasteiger partial charge in [-0.2, -0.15) is 0 Å². The second kappa shape index (κ2) is 6.71. The van der Waals surface area contributed by atoms with Gasteiger partial charge in [0, 0.05) is 19.3 Å². The summed E-state index contributed by atoms with van der Waals surface area (Å²) in [6.07, 6.45) is 3.52. The van der Waals surface area contributed by atoms with E-state index in [2.05, 4.69) is 34.1 Å². The Labute approximate surface area is 130 Å². The third-order valence-corrected chi connectivity index (χ3v) is 4.22. The number of carboxylic acids is 1. The van der Waals surface area contributed by atoms with Crippen LogP contribution in [0.2, 0.25) is 0 Å². The standard InChI is InChI=1S/C18H20N2O2/c21-18(22)16-7-4-9-19-17(16)11-15-8-10-20(13-15)12-14-5-2-1-3-6-14/h1-7,9,15H,8,10-13H2,(H,21,22). The summed E-state index contributed by atoms with van der Waals surface area (Å²) in [4.78, 5) is 18.0. The zero-order valence-electron chi connectivity index (χ0n) is 12.5. The van der Waals surface area contributed by atoms with Crippen molar-refractivity contribution >= 4 is 5.97 Å². The minimum Gasteiger partial charge on any atom is -0.478 e. The first-order valence-corrected chi connectivity index (χ1v) is 7.66. The second-order valence-corrected chi connectivity index (χ2v) is 5.88. The third-order valence-electron chi connectivity index (χ3n) is 4.22. The Bertz CT molecular complexity index is 643. The van der Waals surface area contributed by atoms with Crippen LogP contribution >= 0.6 is 0 Å². The fraction of sp³-hybridized carbons (Fsp3) is 0.333. The van der Waals surface area contributed by atoms with Crippen LogP contribution in [0.4, 0.5) is 0 Å². The van der Waals surface area contributed by atoms with Crippen molar-refractivity contribution in [2.24, 2.45) is 5.92 Å². The van der Waals surface area contributed by atoms with E-state index in [9.17, 15) is 9.90 Å². The fourth-order valence-electron chi connectivity index (χ4n) is 3.13. The van der Waals surface area contributed by atoms with Crippen molar-refractivity contribution in [1.29, 1.82) is 0 Å². The quantitative estimate of drug-likeness (QED) is 0.922. The van der Waals surface area contributed by atoms with E-state index in [0.717, 1.165) is 32.5 Å². The van der Waals surface area contributed by atoms with Crippen LogP contribution in [0.1, 0.15) is 28.0 Å². The Hall–Kier alpha value is -2.20. The normalized spacial score (nSPS) is 18.5. The lowest BCUT2D eigenvalue weighted by Gasteiger charge is -2.16. The van der Waals surface area contributed by atoms with E-state index in [1.807, 2.05) is 6.07 Å². The van der Waals surface area contributed by atoms with Crippen LogP contribution in [0.3, 0.4) is 0 Å². The molecule has 2 aromatic rings. The van der Waals surface area contributed by atoms with Gasteiger partial charge in [0.25, 0.3) is 0 Å². The van der Waals surface area contributed by atoms with Crippen molar-refractivity contribution in [3.63, 3.8) is 0 Å². The lowest BCUT2D eigenvalue weighted by atomic mass is 9.99. The van der Waals surface area contributed by atoms with Gasteiger partial charge >= 0.3 is 5.97 Å². The molecular weight excluding hydrogens is 276 g/mol. The SMILES string of the molecule is O=C(O)c1cccnc1CC1CCN(Cc2ccccc2)C1. The Balaban J connectivity index is 1.61. The minimum atomic E-state index is -0.887. The number of likely N-dealkylation sites (tertiary alicyclic amines) is 1. The van der Waals surface area contributed by atoms with Crippen LogP contribution < -0.4 is 0 Å². The molecule has 1 aliphatic rings. The molecule has 1 N–H and O–H groups in total. The number of aromatic nitrogens is 1. The largest absolute Gasteiger partial charge is 0.478 e. The first kappa shape index (κ1) is 14.7. The van der Waals surface area contributed by atoms with Crippen molar-refractivity contribution < 1.29 is 9.90 Å². The summed E-state index contributed by atoms with van der Waals surface area (Å²) in [6, 6.07) is 13.8. The molecule has 0 amide bonds. The Morgan fingerprint density at radius 2 is 2.05 bits per heavy atom. The van der Waals surface area contributed by atoms with Crippen molar-refractivity contribution in [2.45, 2.75) is 19.4 Å². The van der Waals surface area contributed by atoms with E-state index in [0.29, 0.717) is 17.2 Å². The molecule has 22 heavy (non-hydrogen) atoms. The number of aromatic carboxylic acids is 1. The predicted octanol–water partition coefficient (Wildman–Crippen LogP) is 2.84. The monoisotopic (exact) mass is 296 g/mol. The van der Waals surface area contributed by atoms with Crippen molar-refractivity contribution in [2.75, 3.05) is 13.1 Å². The summed E-state index contributed by atoms with van der Waals surface area (Å²) in [7, 11) is 0. The number of hydrogen-bond donors (Lipinski definition) is 1.